The molecule has 0 saturated carbocycles. The Hall–Kier alpha value is -1.99. The van der Waals surface area contributed by atoms with Crippen LogP contribution in [0.4, 0.5) is 0 Å². The number of ether oxygens (including phenoxy) is 2. The fraction of sp³-hybridized carbons (Fsp3) is 0.400. The highest BCUT2D eigenvalue weighted by molar-refractivity contribution is 7.09. The quantitative estimate of drug-likeness (QED) is 0.713. The summed E-state index contributed by atoms with van der Waals surface area (Å²) in [4.78, 5) is 20.1. The molecule has 0 aliphatic heterocycles. The third-order valence-corrected chi connectivity index (χ3v) is 3.66. The Kier molecular flexibility index (Phi) is 6.79. The predicted octanol–water partition coefficient (Wildman–Crippen LogP) is 1.81. The summed E-state index contributed by atoms with van der Waals surface area (Å²) in [6, 6.07) is 3.66. The van der Waals surface area contributed by atoms with Crippen molar-refractivity contribution in [3.05, 3.63) is 40.6 Å². The second kappa shape index (κ2) is 9.11. The molecule has 118 valence electrons. The van der Waals surface area contributed by atoms with Gasteiger partial charge in [-0.25, -0.2) is 4.98 Å². The number of methoxy groups -OCH3 is 1. The first-order valence-electron chi connectivity index (χ1n) is 6.99. The third kappa shape index (κ3) is 5.79. The van der Waals surface area contributed by atoms with Gasteiger partial charge in [-0.2, -0.15) is 0 Å². The topological polar surface area (TPSA) is 73.3 Å². The van der Waals surface area contributed by atoms with Gasteiger partial charge in [0.2, 0.25) is 5.91 Å². The molecule has 0 bridgehead atoms. The fourth-order valence-corrected chi connectivity index (χ4v) is 2.45. The van der Waals surface area contributed by atoms with E-state index in [2.05, 4.69) is 15.3 Å². The summed E-state index contributed by atoms with van der Waals surface area (Å²) in [6.07, 6.45) is 4.45. The van der Waals surface area contributed by atoms with Crippen LogP contribution in [0.5, 0.6) is 5.75 Å². The zero-order valence-electron chi connectivity index (χ0n) is 12.4. The highest BCUT2D eigenvalue weighted by atomic mass is 32.1. The molecular weight excluding hydrogens is 302 g/mol. The van der Waals surface area contributed by atoms with Crippen LogP contribution in [-0.4, -0.2) is 36.1 Å². The van der Waals surface area contributed by atoms with Crippen molar-refractivity contribution in [2.75, 3.05) is 20.3 Å². The van der Waals surface area contributed by atoms with Crippen LogP contribution in [0.1, 0.15) is 17.1 Å². The molecule has 7 heteroatoms. The molecule has 0 unspecified atom stereocenters. The van der Waals surface area contributed by atoms with Crippen LogP contribution < -0.4 is 10.1 Å². The van der Waals surface area contributed by atoms with Crippen LogP contribution in [-0.2, 0) is 22.6 Å². The molecule has 0 aliphatic rings. The Morgan fingerprint density at radius 1 is 1.45 bits per heavy atom. The molecule has 2 aromatic rings. The standard InChI is InChI=1S/C15H19N3O3S/c1-20-7-3-6-17-14(19)8-12-11-22-15(18-12)10-21-13-4-2-5-16-9-13/h2,4-5,9,11H,3,6-8,10H2,1H3,(H,17,19). The Morgan fingerprint density at radius 3 is 3.14 bits per heavy atom. The van der Waals surface area contributed by atoms with Crippen molar-refractivity contribution in [2.24, 2.45) is 0 Å². The molecule has 6 nitrogen and oxygen atoms in total. The van der Waals surface area contributed by atoms with Gasteiger partial charge in [0, 0.05) is 31.8 Å². The molecule has 1 amide bonds. The van der Waals surface area contributed by atoms with Crippen LogP contribution in [0.15, 0.2) is 29.9 Å². The maximum atomic E-state index is 11.7. The van der Waals surface area contributed by atoms with E-state index in [9.17, 15) is 4.79 Å². The number of carbonyl (C=O) groups is 1. The van der Waals surface area contributed by atoms with Crippen LogP contribution in [0.3, 0.4) is 0 Å². The molecule has 2 heterocycles. The average Bonchev–Trinajstić information content (AvgIpc) is 2.98. The van der Waals surface area contributed by atoms with E-state index in [0.717, 1.165) is 17.1 Å². The van der Waals surface area contributed by atoms with Crippen molar-refractivity contribution in [1.82, 2.24) is 15.3 Å². The van der Waals surface area contributed by atoms with E-state index in [0.29, 0.717) is 25.5 Å². The Bertz CT molecular complexity index is 574. The van der Waals surface area contributed by atoms with E-state index >= 15 is 0 Å². The lowest BCUT2D eigenvalue weighted by atomic mass is 10.3. The highest BCUT2D eigenvalue weighted by Crippen LogP contribution is 2.14. The lowest BCUT2D eigenvalue weighted by Gasteiger charge is -2.03. The number of pyridine rings is 1. The molecule has 22 heavy (non-hydrogen) atoms. The zero-order valence-corrected chi connectivity index (χ0v) is 13.3. The van der Waals surface area contributed by atoms with E-state index in [4.69, 9.17) is 9.47 Å². The minimum absolute atomic E-state index is 0.0267. The summed E-state index contributed by atoms with van der Waals surface area (Å²) in [5.41, 5.74) is 0.763. The normalized spacial score (nSPS) is 10.4. The number of amides is 1. The third-order valence-electron chi connectivity index (χ3n) is 2.79. The summed E-state index contributed by atoms with van der Waals surface area (Å²) >= 11 is 1.49. The smallest absolute Gasteiger partial charge is 0.226 e. The van der Waals surface area contributed by atoms with E-state index < -0.39 is 0 Å². The maximum absolute atomic E-state index is 11.7. The van der Waals surface area contributed by atoms with Gasteiger partial charge in [-0.3, -0.25) is 9.78 Å². The second-order valence-corrected chi connectivity index (χ2v) is 5.53. The maximum Gasteiger partial charge on any atom is 0.226 e. The molecule has 0 atom stereocenters. The first-order chi connectivity index (χ1) is 10.8. The molecule has 0 radical (unpaired) electrons. The number of thiazole rings is 1. The lowest BCUT2D eigenvalue weighted by Crippen LogP contribution is -2.26. The molecular formula is C15H19N3O3S. The van der Waals surface area contributed by atoms with Crippen molar-refractivity contribution in [2.45, 2.75) is 19.4 Å². The summed E-state index contributed by atoms with van der Waals surface area (Å²) < 4.78 is 10.5. The van der Waals surface area contributed by atoms with Gasteiger partial charge in [-0.15, -0.1) is 11.3 Å². The summed E-state index contributed by atoms with van der Waals surface area (Å²) in [7, 11) is 1.65. The number of aromatic nitrogens is 2. The van der Waals surface area contributed by atoms with Gasteiger partial charge in [0.05, 0.1) is 18.3 Å². The van der Waals surface area contributed by atoms with Crippen LogP contribution >= 0.6 is 11.3 Å². The van der Waals surface area contributed by atoms with Gasteiger partial charge in [0.1, 0.15) is 17.4 Å². The predicted molar refractivity (Wildman–Crippen MR) is 83.9 cm³/mol. The van der Waals surface area contributed by atoms with Gasteiger partial charge in [-0.1, -0.05) is 0 Å². The number of rotatable bonds is 9. The minimum Gasteiger partial charge on any atom is -0.485 e. The van der Waals surface area contributed by atoms with Crippen molar-refractivity contribution in [3.8, 4) is 5.75 Å². The van der Waals surface area contributed by atoms with Gasteiger partial charge >= 0.3 is 0 Å². The number of hydrogen-bond donors (Lipinski definition) is 1. The summed E-state index contributed by atoms with van der Waals surface area (Å²) in [5.74, 6) is 0.677. The SMILES string of the molecule is COCCCNC(=O)Cc1csc(COc2cccnc2)n1. The lowest BCUT2D eigenvalue weighted by molar-refractivity contribution is -0.120. The van der Waals surface area contributed by atoms with Gasteiger partial charge < -0.3 is 14.8 Å². The van der Waals surface area contributed by atoms with E-state index in [1.165, 1.54) is 11.3 Å². The first kappa shape index (κ1) is 16.4. The monoisotopic (exact) mass is 321 g/mol. The molecule has 0 spiro atoms. The molecule has 0 aromatic carbocycles. The molecule has 0 saturated heterocycles. The number of carbonyl (C=O) groups excluding carboxylic acids is 1. The summed E-state index contributed by atoms with van der Waals surface area (Å²) in [6.45, 7) is 1.65. The van der Waals surface area contributed by atoms with Crippen LogP contribution in [0.25, 0.3) is 0 Å². The summed E-state index contributed by atoms with van der Waals surface area (Å²) in [5, 5.41) is 5.56. The molecule has 2 aromatic heterocycles. The minimum atomic E-state index is -0.0267. The molecule has 0 fully saturated rings. The van der Waals surface area contributed by atoms with E-state index in [-0.39, 0.29) is 12.3 Å². The van der Waals surface area contributed by atoms with Gasteiger partial charge in [-0.05, 0) is 18.6 Å². The van der Waals surface area contributed by atoms with Crippen molar-refractivity contribution in [1.29, 1.82) is 0 Å². The molecule has 0 aliphatic carbocycles. The van der Waals surface area contributed by atoms with E-state index in [1.807, 2.05) is 17.5 Å². The zero-order chi connectivity index (χ0) is 15.6. The first-order valence-corrected chi connectivity index (χ1v) is 7.87. The molecule has 1 N–H and O–H groups in total. The van der Waals surface area contributed by atoms with Gasteiger partial charge in [0.15, 0.2) is 0 Å². The van der Waals surface area contributed by atoms with Gasteiger partial charge in [0.25, 0.3) is 0 Å². The Balaban J connectivity index is 1.73. The number of hydrogen-bond acceptors (Lipinski definition) is 6. The second-order valence-electron chi connectivity index (χ2n) is 4.58. The van der Waals surface area contributed by atoms with Crippen LogP contribution in [0.2, 0.25) is 0 Å². The largest absolute Gasteiger partial charge is 0.485 e. The molecule has 2 rings (SSSR count). The highest BCUT2D eigenvalue weighted by Gasteiger charge is 2.08. The Labute approximate surface area is 133 Å². The van der Waals surface area contributed by atoms with Crippen molar-refractivity contribution in [3.63, 3.8) is 0 Å². The van der Waals surface area contributed by atoms with Crippen molar-refractivity contribution >= 4 is 17.2 Å². The average molecular weight is 321 g/mol. The van der Waals surface area contributed by atoms with E-state index in [1.54, 1.807) is 19.5 Å². The Morgan fingerprint density at radius 2 is 2.36 bits per heavy atom. The van der Waals surface area contributed by atoms with Crippen molar-refractivity contribution < 1.29 is 14.3 Å². The number of nitrogens with one attached hydrogen (secondary N) is 1. The number of nitrogens with zero attached hydrogens (tertiary/aromatic N) is 2. The van der Waals surface area contributed by atoms with Crippen LogP contribution in [0, 0.1) is 0 Å². The fourth-order valence-electron chi connectivity index (χ4n) is 1.75.